The Morgan fingerprint density at radius 3 is 2.26 bits per heavy atom. The van der Waals surface area contributed by atoms with E-state index in [1.165, 1.54) is 0 Å². The summed E-state index contributed by atoms with van der Waals surface area (Å²) in [5.41, 5.74) is 5.82. The summed E-state index contributed by atoms with van der Waals surface area (Å²) in [6.07, 6.45) is 1.85. The first-order valence-corrected chi connectivity index (χ1v) is 12.2. The summed E-state index contributed by atoms with van der Waals surface area (Å²) in [6, 6.07) is 16.3. The summed E-state index contributed by atoms with van der Waals surface area (Å²) < 4.78 is 3.82. The third-order valence-corrected chi connectivity index (χ3v) is 6.97. The van der Waals surface area contributed by atoms with Crippen LogP contribution >= 0.6 is 0 Å². The zero-order valence-electron chi connectivity index (χ0n) is 21.9. The van der Waals surface area contributed by atoms with Gasteiger partial charge in [-0.3, -0.25) is 9.59 Å². The molecule has 6 nitrogen and oxygen atoms in total. The number of rotatable bonds is 3. The molecule has 6 heteroatoms. The smallest absolute Gasteiger partial charge is 0.253 e. The molecule has 0 fully saturated rings. The van der Waals surface area contributed by atoms with Crippen LogP contribution in [0.25, 0.3) is 22.4 Å². The second-order valence-electron chi connectivity index (χ2n) is 9.57. The number of aromatic nitrogens is 3. The van der Waals surface area contributed by atoms with Crippen molar-refractivity contribution in [2.45, 2.75) is 53.0 Å². The van der Waals surface area contributed by atoms with E-state index in [-0.39, 0.29) is 17.5 Å². The minimum absolute atomic E-state index is 0.00258. The Bertz CT molecular complexity index is 1450. The molecule has 5 rings (SSSR count). The lowest BCUT2D eigenvalue weighted by Crippen LogP contribution is -2.33. The van der Waals surface area contributed by atoms with Gasteiger partial charge >= 0.3 is 0 Å². The van der Waals surface area contributed by atoms with Gasteiger partial charge in [-0.2, -0.15) is 0 Å². The fourth-order valence-corrected chi connectivity index (χ4v) is 5.03. The van der Waals surface area contributed by atoms with Crippen LogP contribution in [0, 0.1) is 6.92 Å². The van der Waals surface area contributed by atoms with Gasteiger partial charge in [-0.1, -0.05) is 44.2 Å². The minimum atomic E-state index is -0.597. The van der Waals surface area contributed by atoms with Gasteiger partial charge in [-0.15, -0.1) is 0 Å². The number of pyridine rings is 1. The lowest BCUT2D eigenvalue weighted by molar-refractivity contribution is -0.121. The predicted octanol–water partition coefficient (Wildman–Crippen LogP) is 5.60. The van der Waals surface area contributed by atoms with Crippen molar-refractivity contribution < 1.29 is 4.79 Å². The van der Waals surface area contributed by atoms with Crippen LogP contribution in [-0.4, -0.2) is 27.1 Å². The molecule has 2 aromatic carbocycles. The van der Waals surface area contributed by atoms with Crippen molar-refractivity contribution in [3.8, 4) is 11.4 Å². The van der Waals surface area contributed by atoms with Gasteiger partial charge in [0, 0.05) is 37.1 Å². The van der Waals surface area contributed by atoms with Crippen molar-refractivity contribution in [2.24, 2.45) is 7.05 Å². The molecular formula is C29H34N4O2. The van der Waals surface area contributed by atoms with Crippen LogP contribution in [0.15, 0.2) is 59.5 Å². The van der Waals surface area contributed by atoms with Crippen LogP contribution in [0.3, 0.4) is 0 Å². The van der Waals surface area contributed by atoms with Gasteiger partial charge in [0.1, 0.15) is 5.82 Å². The number of imidazole rings is 1. The Balaban J connectivity index is 0.00000141. The molecule has 1 aliphatic heterocycles. The van der Waals surface area contributed by atoms with Crippen LogP contribution in [0.1, 0.15) is 57.4 Å². The zero-order valence-corrected chi connectivity index (χ0v) is 21.9. The molecule has 1 aliphatic rings. The molecule has 0 bridgehead atoms. The number of hydrogen-bond acceptors (Lipinski definition) is 3. The van der Waals surface area contributed by atoms with Crippen molar-refractivity contribution >= 4 is 22.6 Å². The molecule has 3 heterocycles. The molecule has 1 atom stereocenters. The first kappa shape index (κ1) is 24.5. The van der Waals surface area contributed by atoms with Crippen molar-refractivity contribution in [1.29, 1.82) is 0 Å². The van der Waals surface area contributed by atoms with Crippen molar-refractivity contribution in [3.05, 3.63) is 81.8 Å². The third kappa shape index (κ3) is 3.77. The van der Waals surface area contributed by atoms with E-state index in [2.05, 4.69) is 35.8 Å². The molecular weight excluding hydrogens is 436 g/mol. The predicted molar refractivity (Wildman–Crippen MR) is 143 cm³/mol. The molecule has 35 heavy (non-hydrogen) atoms. The number of hydrogen-bond donors (Lipinski definition) is 0. The van der Waals surface area contributed by atoms with Gasteiger partial charge < -0.3 is 14.0 Å². The van der Waals surface area contributed by atoms with Crippen molar-refractivity contribution in [2.75, 3.05) is 11.9 Å². The highest BCUT2D eigenvalue weighted by Crippen LogP contribution is 2.44. The topological polar surface area (TPSA) is 60.1 Å². The van der Waals surface area contributed by atoms with E-state index in [1.54, 1.807) is 16.5 Å². The summed E-state index contributed by atoms with van der Waals surface area (Å²) in [7, 11) is 3.60. The molecule has 0 N–H and O–H groups in total. The highest BCUT2D eigenvalue weighted by molar-refractivity contribution is 6.09. The summed E-state index contributed by atoms with van der Waals surface area (Å²) >= 11 is 0. The number of carbonyl (C=O) groups excluding carboxylic acids is 1. The number of likely N-dealkylation sites (N-methyl/N-ethyl adjacent to an activating group) is 1. The first-order chi connectivity index (χ1) is 16.6. The number of carbonyl (C=O) groups is 1. The van der Waals surface area contributed by atoms with E-state index in [1.807, 2.05) is 72.1 Å². The van der Waals surface area contributed by atoms with Gasteiger partial charge in [0.15, 0.2) is 0 Å². The zero-order chi connectivity index (χ0) is 25.7. The summed E-state index contributed by atoms with van der Waals surface area (Å²) in [5, 5.41) is 0. The molecule has 0 radical (unpaired) electrons. The molecule has 1 amide bonds. The van der Waals surface area contributed by atoms with E-state index in [0.29, 0.717) is 5.56 Å². The van der Waals surface area contributed by atoms with Crippen LogP contribution in [0.4, 0.5) is 5.69 Å². The SMILES string of the molecule is CC.Cc1cc(-c2nc3cc4c(cc3n2C(C)c2ccccc2)N(C)C(=O)C4(C)C)cn(C)c1=O. The van der Waals surface area contributed by atoms with E-state index in [9.17, 15) is 9.59 Å². The maximum atomic E-state index is 12.9. The number of benzene rings is 2. The second-order valence-corrected chi connectivity index (χ2v) is 9.57. The summed E-state index contributed by atoms with van der Waals surface area (Å²) in [4.78, 5) is 32.0. The number of amides is 1. The molecule has 4 aromatic rings. The highest BCUT2D eigenvalue weighted by atomic mass is 16.2. The lowest BCUT2D eigenvalue weighted by atomic mass is 9.86. The second kappa shape index (κ2) is 8.84. The Labute approximate surface area is 206 Å². The average molecular weight is 471 g/mol. The molecule has 0 aliphatic carbocycles. The van der Waals surface area contributed by atoms with E-state index < -0.39 is 5.41 Å². The maximum absolute atomic E-state index is 12.9. The molecule has 1 unspecified atom stereocenters. The van der Waals surface area contributed by atoms with Gasteiger partial charge in [0.25, 0.3) is 5.56 Å². The van der Waals surface area contributed by atoms with Crippen molar-refractivity contribution in [3.63, 3.8) is 0 Å². The van der Waals surface area contributed by atoms with Crippen LogP contribution in [0.5, 0.6) is 0 Å². The van der Waals surface area contributed by atoms with Gasteiger partial charge in [-0.05, 0) is 57.0 Å². The molecule has 0 saturated heterocycles. The Kier molecular flexibility index (Phi) is 6.18. The highest BCUT2D eigenvalue weighted by Gasteiger charge is 2.43. The van der Waals surface area contributed by atoms with Crippen LogP contribution in [0.2, 0.25) is 0 Å². The first-order valence-electron chi connectivity index (χ1n) is 12.2. The minimum Gasteiger partial charge on any atom is -0.318 e. The normalized spacial score (nSPS) is 15.1. The summed E-state index contributed by atoms with van der Waals surface area (Å²) in [6.45, 7) is 11.9. The largest absolute Gasteiger partial charge is 0.318 e. The number of aryl methyl sites for hydroxylation is 2. The number of anilines is 1. The fourth-order valence-electron chi connectivity index (χ4n) is 5.03. The van der Waals surface area contributed by atoms with Gasteiger partial charge in [0.05, 0.1) is 22.5 Å². The van der Waals surface area contributed by atoms with Crippen molar-refractivity contribution in [1.82, 2.24) is 14.1 Å². The number of fused-ring (bicyclic) bond motifs is 2. The van der Waals surface area contributed by atoms with E-state index >= 15 is 0 Å². The van der Waals surface area contributed by atoms with Crippen LogP contribution in [-0.2, 0) is 17.3 Å². The van der Waals surface area contributed by atoms with Gasteiger partial charge in [-0.25, -0.2) is 4.98 Å². The van der Waals surface area contributed by atoms with E-state index in [4.69, 9.17) is 4.98 Å². The Hall–Kier alpha value is -3.67. The fraction of sp³-hybridized carbons (Fsp3) is 0.345. The Morgan fingerprint density at radius 2 is 1.63 bits per heavy atom. The molecule has 0 spiro atoms. The van der Waals surface area contributed by atoms with E-state index in [0.717, 1.165) is 39.2 Å². The third-order valence-electron chi connectivity index (χ3n) is 6.97. The van der Waals surface area contributed by atoms with Crippen LogP contribution < -0.4 is 10.5 Å². The standard InChI is InChI=1S/C27H28N4O2.C2H6/c1-16-12-19(15-29(5)25(16)32)24-28-21-13-20-22(30(6)26(33)27(20,3)4)14-23(21)31(24)17(2)18-10-8-7-9-11-18;1-2/h7-15,17H,1-6H3;1-2H3. The lowest BCUT2D eigenvalue weighted by Gasteiger charge is -2.19. The quantitative estimate of drug-likeness (QED) is 0.392. The average Bonchev–Trinajstić information content (AvgIpc) is 3.31. The number of nitrogens with zero attached hydrogens (tertiary/aromatic N) is 4. The maximum Gasteiger partial charge on any atom is 0.253 e. The molecule has 182 valence electrons. The Morgan fingerprint density at radius 1 is 0.971 bits per heavy atom. The molecule has 2 aromatic heterocycles. The monoisotopic (exact) mass is 470 g/mol. The summed E-state index contributed by atoms with van der Waals surface area (Å²) in [5.74, 6) is 0.886. The van der Waals surface area contributed by atoms with Gasteiger partial charge in [0.2, 0.25) is 5.91 Å². The molecule has 0 saturated carbocycles.